The Morgan fingerprint density at radius 1 is 1.06 bits per heavy atom. The first-order valence-electron chi connectivity index (χ1n) is 11.0. The second-order valence-electron chi connectivity index (χ2n) is 7.96. The van der Waals surface area contributed by atoms with Crippen LogP contribution >= 0.6 is 0 Å². The largest absolute Gasteiger partial charge is 0.505 e. The van der Waals surface area contributed by atoms with E-state index in [9.17, 15) is 15.2 Å². The Hall–Kier alpha value is -5.36. The number of aromatic nitrogens is 3. The lowest BCUT2D eigenvalue weighted by Gasteiger charge is -2.11. The lowest BCUT2D eigenvalue weighted by molar-refractivity contribution is 0.102. The molecule has 0 unspecified atom stereocenters. The summed E-state index contributed by atoms with van der Waals surface area (Å²) in [5.74, 6) is -0.218. The van der Waals surface area contributed by atoms with Gasteiger partial charge < -0.3 is 10.4 Å². The normalized spacial score (nSPS) is 11.0. The number of carbonyl (C=O) groups excluding carboxylic acids is 1. The third-order valence-corrected chi connectivity index (χ3v) is 5.49. The third-order valence-electron chi connectivity index (χ3n) is 5.49. The average molecular weight is 473 g/mol. The number of amides is 1. The first kappa shape index (κ1) is 22.4. The van der Waals surface area contributed by atoms with E-state index in [2.05, 4.69) is 25.6 Å². The number of nitriles is 1. The Labute approximate surface area is 206 Å². The maximum absolute atomic E-state index is 13.1. The van der Waals surface area contributed by atoms with Crippen LogP contribution in [0.25, 0.3) is 16.6 Å². The Morgan fingerprint density at radius 3 is 2.67 bits per heavy atom. The Morgan fingerprint density at radius 2 is 1.89 bits per heavy atom. The fourth-order valence-corrected chi connectivity index (χ4v) is 3.77. The highest BCUT2D eigenvalue weighted by Crippen LogP contribution is 2.40. The van der Waals surface area contributed by atoms with E-state index in [4.69, 9.17) is 0 Å². The Balaban J connectivity index is 1.61. The van der Waals surface area contributed by atoms with Crippen molar-refractivity contribution in [3.8, 4) is 17.6 Å². The molecular formula is C27H19N7O2. The van der Waals surface area contributed by atoms with Crippen LogP contribution in [0.3, 0.4) is 0 Å². The predicted octanol–water partition coefficient (Wildman–Crippen LogP) is 5.97. The van der Waals surface area contributed by atoms with Gasteiger partial charge in [0.05, 0.1) is 11.8 Å². The zero-order valence-corrected chi connectivity index (χ0v) is 19.1. The average Bonchev–Trinajstić information content (AvgIpc) is 3.31. The van der Waals surface area contributed by atoms with Crippen LogP contribution < -0.4 is 5.32 Å². The lowest BCUT2D eigenvalue weighted by Crippen LogP contribution is -2.12. The highest BCUT2D eigenvalue weighted by molar-refractivity contribution is 6.11. The third kappa shape index (κ3) is 4.26. The molecule has 0 saturated carbocycles. The summed E-state index contributed by atoms with van der Waals surface area (Å²) in [6.45, 7) is 1.92. The van der Waals surface area contributed by atoms with Gasteiger partial charge >= 0.3 is 0 Å². The number of hydrogen-bond acceptors (Lipinski definition) is 7. The number of anilines is 1. The van der Waals surface area contributed by atoms with Crippen molar-refractivity contribution in [2.24, 2.45) is 10.2 Å². The number of azo groups is 1. The van der Waals surface area contributed by atoms with Crippen LogP contribution in [0, 0.1) is 18.3 Å². The minimum Gasteiger partial charge on any atom is -0.505 e. The molecule has 0 aliphatic rings. The summed E-state index contributed by atoms with van der Waals surface area (Å²) >= 11 is 0. The van der Waals surface area contributed by atoms with E-state index in [1.54, 1.807) is 48.7 Å². The summed E-state index contributed by atoms with van der Waals surface area (Å²) in [7, 11) is 0. The number of aryl methyl sites for hydroxylation is 1. The Kier molecular flexibility index (Phi) is 5.91. The number of aromatic hydroxyl groups is 1. The van der Waals surface area contributed by atoms with Crippen molar-refractivity contribution in [1.82, 2.24) is 14.8 Å². The number of hydrogen-bond donors (Lipinski definition) is 2. The SMILES string of the molecule is Cc1cccc(NC(=O)c2cc3ccccc3c(N=Nc3c(C#N)cnn3-c3ccccn3)c2O)c1. The molecule has 5 aromatic rings. The van der Waals surface area contributed by atoms with E-state index in [1.807, 2.05) is 43.3 Å². The van der Waals surface area contributed by atoms with Gasteiger partial charge in [-0.15, -0.1) is 10.2 Å². The number of rotatable bonds is 5. The summed E-state index contributed by atoms with van der Waals surface area (Å²) in [4.78, 5) is 17.4. The fraction of sp³-hybridized carbons (Fsp3) is 0.0370. The van der Waals surface area contributed by atoms with Crippen LogP contribution in [-0.4, -0.2) is 25.8 Å². The molecule has 0 aliphatic carbocycles. The summed E-state index contributed by atoms with van der Waals surface area (Å²) < 4.78 is 1.38. The molecule has 0 saturated heterocycles. The van der Waals surface area contributed by atoms with Gasteiger partial charge in [0.2, 0.25) is 0 Å². The van der Waals surface area contributed by atoms with Crippen molar-refractivity contribution in [2.75, 3.05) is 5.32 Å². The lowest BCUT2D eigenvalue weighted by atomic mass is 10.0. The monoisotopic (exact) mass is 473 g/mol. The van der Waals surface area contributed by atoms with Crippen molar-refractivity contribution < 1.29 is 9.90 Å². The van der Waals surface area contributed by atoms with Crippen LogP contribution in [0.5, 0.6) is 5.75 Å². The van der Waals surface area contributed by atoms with Crippen LogP contribution in [-0.2, 0) is 0 Å². The van der Waals surface area contributed by atoms with E-state index in [0.29, 0.717) is 22.3 Å². The van der Waals surface area contributed by atoms with E-state index in [1.165, 1.54) is 10.9 Å². The summed E-state index contributed by atoms with van der Waals surface area (Å²) in [6.07, 6.45) is 2.96. The standard InChI is InChI=1S/C27H19N7O2/c1-17-7-6-9-20(13-17)31-27(36)22-14-18-8-2-3-10-21(18)24(25(22)35)32-33-26-19(15-28)16-30-34(26)23-11-4-5-12-29-23/h2-14,16,35H,1H3,(H,31,36). The summed E-state index contributed by atoms with van der Waals surface area (Å²) in [6, 6.07) is 23.5. The first-order valence-corrected chi connectivity index (χ1v) is 11.0. The molecule has 9 nitrogen and oxygen atoms in total. The van der Waals surface area contributed by atoms with Crippen molar-refractivity contribution in [2.45, 2.75) is 6.92 Å². The molecular weight excluding hydrogens is 454 g/mol. The molecule has 2 aromatic heterocycles. The van der Waals surface area contributed by atoms with Gasteiger partial charge in [-0.2, -0.15) is 15.0 Å². The van der Waals surface area contributed by atoms with Gasteiger partial charge in [-0.05, 0) is 48.2 Å². The first-order chi connectivity index (χ1) is 17.5. The number of phenols is 1. The molecule has 0 spiro atoms. The molecule has 0 aliphatic heterocycles. The van der Waals surface area contributed by atoms with Crippen LogP contribution in [0.15, 0.2) is 95.4 Å². The van der Waals surface area contributed by atoms with Crippen molar-refractivity contribution in [3.05, 3.63) is 102 Å². The van der Waals surface area contributed by atoms with Crippen LogP contribution in [0.4, 0.5) is 17.2 Å². The van der Waals surface area contributed by atoms with E-state index < -0.39 is 5.91 Å². The molecule has 36 heavy (non-hydrogen) atoms. The van der Waals surface area contributed by atoms with Gasteiger partial charge in [-0.25, -0.2) is 4.98 Å². The quantitative estimate of drug-likeness (QED) is 0.304. The second kappa shape index (κ2) is 9.48. The minimum absolute atomic E-state index is 0.0443. The molecule has 1 amide bonds. The molecule has 2 N–H and O–H groups in total. The van der Waals surface area contributed by atoms with Gasteiger partial charge in [-0.1, -0.05) is 42.5 Å². The van der Waals surface area contributed by atoms with Crippen LogP contribution in [0.1, 0.15) is 21.5 Å². The van der Waals surface area contributed by atoms with E-state index >= 15 is 0 Å². The molecule has 174 valence electrons. The van der Waals surface area contributed by atoms with E-state index in [0.717, 1.165) is 5.56 Å². The van der Waals surface area contributed by atoms with Gasteiger partial charge in [0, 0.05) is 17.3 Å². The van der Waals surface area contributed by atoms with Crippen molar-refractivity contribution in [3.63, 3.8) is 0 Å². The molecule has 9 heteroatoms. The number of benzene rings is 3. The van der Waals surface area contributed by atoms with Gasteiger partial charge in [-0.3, -0.25) is 4.79 Å². The number of phenolic OH excluding ortho intramolecular Hbond substituents is 1. The maximum Gasteiger partial charge on any atom is 0.259 e. The molecule has 2 heterocycles. The Bertz CT molecular complexity index is 1670. The predicted molar refractivity (Wildman–Crippen MR) is 135 cm³/mol. The maximum atomic E-state index is 13.1. The van der Waals surface area contributed by atoms with E-state index in [-0.39, 0.29) is 28.4 Å². The summed E-state index contributed by atoms with van der Waals surface area (Å²) in [5, 5.41) is 37.5. The number of pyridine rings is 1. The highest BCUT2D eigenvalue weighted by Gasteiger charge is 2.19. The van der Waals surface area contributed by atoms with Gasteiger partial charge in [0.1, 0.15) is 17.3 Å². The molecule has 3 aromatic carbocycles. The van der Waals surface area contributed by atoms with Crippen molar-refractivity contribution in [1.29, 1.82) is 5.26 Å². The smallest absolute Gasteiger partial charge is 0.259 e. The fourth-order valence-electron chi connectivity index (χ4n) is 3.77. The van der Waals surface area contributed by atoms with Gasteiger partial charge in [0.15, 0.2) is 17.4 Å². The van der Waals surface area contributed by atoms with Crippen LogP contribution in [0.2, 0.25) is 0 Å². The number of nitrogens with one attached hydrogen (secondary N) is 1. The van der Waals surface area contributed by atoms with Gasteiger partial charge in [0.25, 0.3) is 5.91 Å². The molecule has 0 atom stereocenters. The number of nitrogens with zero attached hydrogens (tertiary/aromatic N) is 6. The molecule has 5 rings (SSSR count). The minimum atomic E-state index is -0.489. The molecule has 0 bridgehead atoms. The number of fused-ring (bicyclic) bond motifs is 1. The second-order valence-corrected chi connectivity index (χ2v) is 7.96. The summed E-state index contributed by atoms with van der Waals surface area (Å²) in [5.41, 5.74) is 1.92. The zero-order valence-electron chi connectivity index (χ0n) is 19.1. The van der Waals surface area contributed by atoms with Crippen molar-refractivity contribution >= 4 is 33.9 Å². The molecule has 0 fully saturated rings. The number of carbonyl (C=O) groups is 1. The molecule has 0 radical (unpaired) electrons. The highest BCUT2D eigenvalue weighted by atomic mass is 16.3. The topological polar surface area (TPSA) is 129 Å². The zero-order chi connectivity index (χ0) is 25.1.